The number of thiophene rings is 1. The van der Waals surface area contributed by atoms with Gasteiger partial charge in [0.1, 0.15) is 6.04 Å². The number of aryl methyl sites for hydroxylation is 1. The molecule has 1 atom stereocenters. The maximum Gasteiger partial charge on any atom is 0.255 e. The van der Waals surface area contributed by atoms with E-state index in [9.17, 15) is 4.79 Å². The highest BCUT2D eigenvalue weighted by atomic mass is 35.5. The second-order valence-corrected chi connectivity index (χ2v) is 8.95. The Morgan fingerprint density at radius 1 is 1.12 bits per heavy atom. The summed E-state index contributed by atoms with van der Waals surface area (Å²) < 4.78 is 1.79. The second-order valence-electron chi connectivity index (χ2n) is 7.57. The molecule has 1 aliphatic heterocycles. The average Bonchev–Trinajstić information content (AvgIpc) is 3.39. The Labute approximate surface area is 194 Å². The van der Waals surface area contributed by atoms with E-state index in [1.807, 2.05) is 73.8 Å². The van der Waals surface area contributed by atoms with E-state index in [0.717, 1.165) is 27.4 Å². The minimum absolute atomic E-state index is 0.176. The Kier molecular flexibility index (Phi) is 5.28. The number of carbonyl (C=O) groups excluding carboxylic acids is 1. The number of halogens is 1. The summed E-state index contributed by atoms with van der Waals surface area (Å²) in [4.78, 5) is 19.2. The molecule has 3 heterocycles. The number of amides is 1. The van der Waals surface area contributed by atoms with Crippen LogP contribution in [-0.2, 0) is 4.79 Å². The molecule has 0 radical (unpaired) electrons. The quantitative estimate of drug-likeness (QED) is 0.397. The number of nitrogens with zero attached hydrogens (tertiary/aromatic N) is 3. The number of allylic oxidation sites excluding steroid dienone is 1. The van der Waals surface area contributed by atoms with Crippen LogP contribution in [0.4, 0.5) is 11.6 Å². The Balaban J connectivity index is 1.61. The third-order valence-electron chi connectivity index (χ3n) is 5.36. The molecule has 6 nitrogen and oxygen atoms in total. The molecule has 0 spiro atoms. The van der Waals surface area contributed by atoms with Crippen molar-refractivity contribution in [1.82, 2.24) is 14.8 Å². The van der Waals surface area contributed by atoms with Crippen molar-refractivity contribution in [2.24, 2.45) is 0 Å². The number of hydrogen-bond donors (Lipinski definition) is 2. The highest BCUT2D eigenvalue weighted by Gasteiger charge is 2.36. The van der Waals surface area contributed by atoms with E-state index in [4.69, 9.17) is 21.7 Å². The molecule has 0 aliphatic carbocycles. The van der Waals surface area contributed by atoms with Crippen molar-refractivity contribution >= 4 is 40.5 Å². The molecule has 4 aromatic rings. The molecule has 32 heavy (non-hydrogen) atoms. The lowest BCUT2D eigenvalue weighted by atomic mass is 9.99. The van der Waals surface area contributed by atoms with Crippen LogP contribution in [0.1, 0.15) is 23.4 Å². The fraction of sp³-hybridized carbons (Fsp3) is 0.125. The standard InChI is InChI=1S/C24H20ClN5OS/c1-14-11-12-32-21(14)20-19(23(31)27-18-9-4-3-5-10-18)15(2)26-24-28-22(29-30(20)24)16-7-6-8-17(25)13-16/h3-13,20H,1-2H3,(H,27,31)(H,26,28,29). The van der Waals surface area contributed by atoms with Gasteiger partial charge in [-0.05, 0) is 55.1 Å². The van der Waals surface area contributed by atoms with E-state index < -0.39 is 6.04 Å². The van der Waals surface area contributed by atoms with Crippen molar-refractivity contribution < 1.29 is 4.79 Å². The monoisotopic (exact) mass is 461 g/mol. The zero-order chi connectivity index (χ0) is 22.2. The largest absolute Gasteiger partial charge is 0.328 e. The normalized spacial score (nSPS) is 15.3. The van der Waals surface area contributed by atoms with Crippen LogP contribution < -0.4 is 10.6 Å². The first-order valence-electron chi connectivity index (χ1n) is 10.1. The van der Waals surface area contributed by atoms with Gasteiger partial charge in [-0.15, -0.1) is 16.4 Å². The lowest BCUT2D eigenvalue weighted by Crippen LogP contribution is -2.31. The number of para-hydroxylation sites is 1. The van der Waals surface area contributed by atoms with Crippen LogP contribution >= 0.6 is 22.9 Å². The van der Waals surface area contributed by atoms with Gasteiger partial charge in [0, 0.05) is 26.8 Å². The number of aromatic nitrogens is 3. The molecular weight excluding hydrogens is 442 g/mol. The van der Waals surface area contributed by atoms with Crippen LogP contribution in [0.2, 0.25) is 5.02 Å². The zero-order valence-corrected chi connectivity index (χ0v) is 19.0. The number of hydrogen-bond acceptors (Lipinski definition) is 5. The smallest absolute Gasteiger partial charge is 0.255 e. The van der Waals surface area contributed by atoms with Crippen LogP contribution in [0, 0.1) is 6.92 Å². The van der Waals surface area contributed by atoms with E-state index in [2.05, 4.69) is 16.7 Å². The minimum Gasteiger partial charge on any atom is -0.328 e. The van der Waals surface area contributed by atoms with Crippen molar-refractivity contribution in [3.8, 4) is 11.4 Å². The van der Waals surface area contributed by atoms with E-state index >= 15 is 0 Å². The molecule has 0 fully saturated rings. The molecule has 0 bridgehead atoms. The Bertz CT molecular complexity index is 1340. The Hall–Kier alpha value is -3.42. The van der Waals surface area contributed by atoms with Crippen LogP contribution in [0.5, 0.6) is 0 Å². The molecule has 5 rings (SSSR count). The van der Waals surface area contributed by atoms with Crippen LogP contribution in [0.15, 0.2) is 77.3 Å². The maximum atomic E-state index is 13.4. The number of carbonyl (C=O) groups is 1. The van der Waals surface area contributed by atoms with Crippen LogP contribution in [0.3, 0.4) is 0 Å². The molecule has 1 unspecified atom stereocenters. The van der Waals surface area contributed by atoms with Crippen molar-refractivity contribution in [3.05, 3.63) is 92.8 Å². The topological polar surface area (TPSA) is 71.8 Å². The first kappa shape index (κ1) is 20.5. The summed E-state index contributed by atoms with van der Waals surface area (Å²) in [5, 5.41) is 13.7. The zero-order valence-electron chi connectivity index (χ0n) is 17.5. The van der Waals surface area contributed by atoms with Gasteiger partial charge in [0.15, 0.2) is 5.82 Å². The molecule has 2 aromatic carbocycles. The Morgan fingerprint density at radius 2 is 1.94 bits per heavy atom. The van der Waals surface area contributed by atoms with E-state index in [1.165, 1.54) is 0 Å². The van der Waals surface area contributed by atoms with Gasteiger partial charge >= 0.3 is 0 Å². The summed E-state index contributed by atoms with van der Waals surface area (Å²) in [5.74, 6) is 0.961. The number of fused-ring (bicyclic) bond motifs is 1. The highest BCUT2D eigenvalue weighted by Crippen LogP contribution is 2.40. The molecule has 160 valence electrons. The fourth-order valence-corrected chi connectivity index (χ4v) is 5.03. The van der Waals surface area contributed by atoms with Crippen LogP contribution in [-0.4, -0.2) is 20.7 Å². The summed E-state index contributed by atoms with van der Waals surface area (Å²) in [7, 11) is 0. The van der Waals surface area contributed by atoms with Gasteiger partial charge < -0.3 is 10.6 Å². The molecular formula is C24H20ClN5OS. The second kappa shape index (κ2) is 8.26. The number of rotatable bonds is 4. The van der Waals surface area contributed by atoms with Gasteiger partial charge in [0.05, 0.1) is 5.57 Å². The van der Waals surface area contributed by atoms with Gasteiger partial charge in [-0.1, -0.05) is 41.9 Å². The van der Waals surface area contributed by atoms with Gasteiger partial charge in [-0.2, -0.15) is 4.98 Å². The van der Waals surface area contributed by atoms with Crippen molar-refractivity contribution in [2.75, 3.05) is 10.6 Å². The van der Waals surface area contributed by atoms with Crippen molar-refractivity contribution in [3.63, 3.8) is 0 Å². The number of benzene rings is 2. The molecule has 0 saturated carbocycles. The summed E-state index contributed by atoms with van der Waals surface area (Å²) in [5.41, 5.74) is 4.01. The first-order chi connectivity index (χ1) is 15.5. The molecule has 2 N–H and O–H groups in total. The SMILES string of the molecule is CC1=C(C(=O)Nc2ccccc2)C(c2sccc2C)n2nc(-c3cccc(Cl)c3)nc2N1. The Morgan fingerprint density at radius 3 is 2.66 bits per heavy atom. The van der Waals surface area contributed by atoms with E-state index in [1.54, 1.807) is 16.0 Å². The summed E-state index contributed by atoms with van der Waals surface area (Å²) in [6, 6.07) is 18.5. The lowest BCUT2D eigenvalue weighted by Gasteiger charge is -2.28. The summed E-state index contributed by atoms with van der Waals surface area (Å²) in [6.07, 6.45) is 0. The number of anilines is 2. The fourth-order valence-electron chi connectivity index (χ4n) is 3.82. The van der Waals surface area contributed by atoms with E-state index in [0.29, 0.717) is 22.4 Å². The van der Waals surface area contributed by atoms with Crippen molar-refractivity contribution in [2.45, 2.75) is 19.9 Å². The molecule has 8 heteroatoms. The van der Waals surface area contributed by atoms with Gasteiger partial charge in [-0.25, -0.2) is 4.68 Å². The predicted molar refractivity (Wildman–Crippen MR) is 129 cm³/mol. The maximum absolute atomic E-state index is 13.4. The van der Waals surface area contributed by atoms with Gasteiger partial charge in [0.2, 0.25) is 5.95 Å². The van der Waals surface area contributed by atoms with Gasteiger partial charge in [0.25, 0.3) is 5.91 Å². The lowest BCUT2D eigenvalue weighted by molar-refractivity contribution is -0.113. The third kappa shape index (κ3) is 3.70. The third-order valence-corrected chi connectivity index (χ3v) is 6.67. The highest BCUT2D eigenvalue weighted by molar-refractivity contribution is 7.10. The summed E-state index contributed by atoms with van der Waals surface area (Å²) >= 11 is 7.78. The predicted octanol–water partition coefficient (Wildman–Crippen LogP) is 5.90. The average molecular weight is 462 g/mol. The molecule has 2 aromatic heterocycles. The molecule has 1 aliphatic rings. The van der Waals surface area contributed by atoms with Gasteiger partial charge in [-0.3, -0.25) is 4.79 Å². The van der Waals surface area contributed by atoms with E-state index in [-0.39, 0.29) is 5.91 Å². The molecule has 1 amide bonds. The minimum atomic E-state index is -0.393. The van der Waals surface area contributed by atoms with Crippen molar-refractivity contribution in [1.29, 1.82) is 0 Å². The first-order valence-corrected chi connectivity index (χ1v) is 11.4. The van der Waals surface area contributed by atoms with Crippen LogP contribution in [0.25, 0.3) is 11.4 Å². The summed E-state index contributed by atoms with van der Waals surface area (Å²) in [6.45, 7) is 3.94. The molecule has 0 saturated heterocycles. The number of nitrogens with one attached hydrogen (secondary N) is 2.